The van der Waals surface area contributed by atoms with Crippen LogP contribution in [0.1, 0.15) is 30.9 Å². The van der Waals surface area contributed by atoms with E-state index in [1.807, 2.05) is 14.0 Å². The number of aliphatic imine (C=N–C) groups is 1. The van der Waals surface area contributed by atoms with Gasteiger partial charge >= 0.3 is 5.97 Å². The van der Waals surface area contributed by atoms with Crippen molar-refractivity contribution in [2.75, 3.05) is 40.8 Å². The van der Waals surface area contributed by atoms with E-state index in [9.17, 15) is 4.79 Å². The number of halogens is 1. The van der Waals surface area contributed by atoms with Crippen molar-refractivity contribution in [3.05, 3.63) is 35.4 Å². The number of hydrogen-bond donors (Lipinski definition) is 1. The first-order chi connectivity index (χ1) is 12.5. The zero-order valence-electron chi connectivity index (χ0n) is 16.9. The lowest BCUT2D eigenvalue weighted by molar-refractivity contribution is -0.149. The average molecular weight is 488 g/mol. The lowest BCUT2D eigenvalue weighted by Gasteiger charge is -2.33. The largest absolute Gasteiger partial charge is 0.466 e. The number of guanidine groups is 1. The first-order valence-corrected chi connectivity index (χ1v) is 9.38. The SMILES string of the molecule is CCOC(=O)C1CCN(C(=NC)NCc2ccccc2CN(C)C)CC1.I. The van der Waals surface area contributed by atoms with Gasteiger partial charge < -0.3 is 19.9 Å². The van der Waals surface area contributed by atoms with Crippen molar-refractivity contribution in [2.24, 2.45) is 10.9 Å². The molecule has 0 aliphatic carbocycles. The van der Waals surface area contributed by atoms with Gasteiger partial charge in [0.1, 0.15) is 0 Å². The molecule has 2 rings (SSSR count). The van der Waals surface area contributed by atoms with Crippen molar-refractivity contribution in [1.29, 1.82) is 0 Å². The van der Waals surface area contributed by atoms with Crippen molar-refractivity contribution in [3.63, 3.8) is 0 Å². The van der Waals surface area contributed by atoms with E-state index in [1.165, 1.54) is 11.1 Å². The smallest absolute Gasteiger partial charge is 0.309 e. The maximum Gasteiger partial charge on any atom is 0.309 e. The number of ether oxygens (including phenoxy) is 1. The van der Waals surface area contributed by atoms with E-state index in [0.717, 1.165) is 45.0 Å². The van der Waals surface area contributed by atoms with Gasteiger partial charge in [0.15, 0.2) is 5.96 Å². The van der Waals surface area contributed by atoms with E-state index in [-0.39, 0.29) is 35.9 Å². The lowest BCUT2D eigenvalue weighted by Crippen LogP contribution is -2.46. The molecular formula is C20H33IN4O2. The first-order valence-electron chi connectivity index (χ1n) is 9.38. The van der Waals surface area contributed by atoms with Crippen LogP contribution in [-0.4, -0.2) is 62.6 Å². The minimum Gasteiger partial charge on any atom is -0.466 e. The molecule has 1 heterocycles. The summed E-state index contributed by atoms with van der Waals surface area (Å²) in [5.74, 6) is 0.852. The van der Waals surface area contributed by atoms with Crippen molar-refractivity contribution < 1.29 is 9.53 Å². The summed E-state index contributed by atoms with van der Waals surface area (Å²) >= 11 is 0. The molecular weight excluding hydrogens is 455 g/mol. The summed E-state index contributed by atoms with van der Waals surface area (Å²) in [6, 6.07) is 8.48. The van der Waals surface area contributed by atoms with E-state index < -0.39 is 0 Å². The van der Waals surface area contributed by atoms with Crippen molar-refractivity contribution in [1.82, 2.24) is 15.1 Å². The van der Waals surface area contributed by atoms with Crippen LogP contribution < -0.4 is 5.32 Å². The molecule has 0 saturated carbocycles. The number of benzene rings is 1. The van der Waals surface area contributed by atoms with Gasteiger partial charge in [0.05, 0.1) is 12.5 Å². The summed E-state index contributed by atoms with van der Waals surface area (Å²) in [4.78, 5) is 20.7. The number of nitrogens with one attached hydrogen (secondary N) is 1. The van der Waals surface area contributed by atoms with Crippen LogP contribution in [0.5, 0.6) is 0 Å². The van der Waals surface area contributed by atoms with Crippen LogP contribution in [-0.2, 0) is 22.6 Å². The second kappa shape index (κ2) is 12.2. The summed E-state index contributed by atoms with van der Waals surface area (Å²) in [6.07, 6.45) is 1.63. The molecule has 1 aromatic carbocycles. The monoisotopic (exact) mass is 488 g/mol. The molecule has 6 nitrogen and oxygen atoms in total. The van der Waals surface area contributed by atoms with Gasteiger partial charge in [-0.05, 0) is 45.0 Å². The quantitative estimate of drug-likeness (QED) is 0.289. The fraction of sp³-hybridized carbons (Fsp3) is 0.600. The summed E-state index contributed by atoms with van der Waals surface area (Å²) in [5, 5.41) is 3.48. The Balaban J connectivity index is 0.00000364. The molecule has 0 unspecified atom stereocenters. The van der Waals surface area contributed by atoms with Gasteiger partial charge in [-0.1, -0.05) is 24.3 Å². The zero-order chi connectivity index (χ0) is 18.9. The van der Waals surface area contributed by atoms with Crippen LogP contribution in [0, 0.1) is 5.92 Å². The number of piperidine rings is 1. The highest BCUT2D eigenvalue weighted by molar-refractivity contribution is 14.0. The molecule has 1 fully saturated rings. The molecule has 1 aromatic rings. The Morgan fingerprint density at radius 1 is 1.26 bits per heavy atom. The minimum atomic E-state index is -0.0623. The molecule has 0 bridgehead atoms. The number of likely N-dealkylation sites (tertiary alicyclic amines) is 1. The van der Waals surface area contributed by atoms with E-state index >= 15 is 0 Å². The molecule has 0 aromatic heterocycles. The Morgan fingerprint density at radius 2 is 1.89 bits per heavy atom. The molecule has 1 aliphatic rings. The van der Waals surface area contributed by atoms with Crippen LogP contribution in [0.2, 0.25) is 0 Å². The highest BCUT2D eigenvalue weighted by Crippen LogP contribution is 2.19. The summed E-state index contributed by atoms with van der Waals surface area (Å²) in [7, 11) is 5.97. The molecule has 27 heavy (non-hydrogen) atoms. The first kappa shape index (κ1) is 23.7. The molecule has 1 N–H and O–H groups in total. The van der Waals surface area contributed by atoms with E-state index in [0.29, 0.717) is 6.61 Å². The van der Waals surface area contributed by atoms with Gasteiger partial charge in [0.25, 0.3) is 0 Å². The highest BCUT2D eigenvalue weighted by atomic mass is 127. The molecule has 152 valence electrons. The molecule has 1 saturated heterocycles. The third-order valence-electron chi connectivity index (χ3n) is 4.67. The van der Waals surface area contributed by atoms with Crippen LogP contribution in [0.4, 0.5) is 0 Å². The number of carbonyl (C=O) groups excluding carboxylic acids is 1. The Morgan fingerprint density at radius 3 is 2.44 bits per heavy atom. The van der Waals surface area contributed by atoms with Crippen molar-refractivity contribution in [3.8, 4) is 0 Å². The Labute approximate surface area is 180 Å². The fourth-order valence-corrected chi connectivity index (χ4v) is 3.32. The van der Waals surface area contributed by atoms with E-state index in [4.69, 9.17) is 4.74 Å². The van der Waals surface area contributed by atoms with Crippen LogP contribution in [0.3, 0.4) is 0 Å². The maximum atomic E-state index is 11.9. The van der Waals surface area contributed by atoms with Crippen LogP contribution in [0.25, 0.3) is 0 Å². The maximum absolute atomic E-state index is 11.9. The number of nitrogens with zero attached hydrogens (tertiary/aromatic N) is 3. The normalized spacial score (nSPS) is 15.4. The van der Waals surface area contributed by atoms with Crippen molar-refractivity contribution >= 4 is 35.9 Å². The molecule has 7 heteroatoms. The second-order valence-corrected chi connectivity index (χ2v) is 6.92. The molecule has 0 spiro atoms. The molecule has 1 aliphatic heterocycles. The van der Waals surface area contributed by atoms with Gasteiger partial charge in [0, 0.05) is 33.2 Å². The van der Waals surface area contributed by atoms with Gasteiger partial charge in [-0.2, -0.15) is 0 Å². The topological polar surface area (TPSA) is 57.2 Å². The predicted octanol–water partition coefficient (Wildman–Crippen LogP) is 2.72. The van der Waals surface area contributed by atoms with Gasteiger partial charge in [-0.25, -0.2) is 0 Å². The second-order valence-electron chi connectivity index (χ2n) is 6.92. The standard InChI is InChI=1S/C20H32N4O2.HI/c1-5-26-19(25)16-10-12-24(13-11-16)20(21-2)22-14-17-8-6-7-9-18(17)15-23(3)4;/h6-9,16H,5,10-15H2,1-4H3,(H,21,22);1H. The fourth-order valence-electron chi connectivity index (χ4n) is 3.32. The van der Waals surface area contributed by atoms with E-state index in [2.05, 4.69) is 58.5 Å². The van der Waals surface area contributed by atoms with E-state index in [1.54, 1.807) is 0 Å². The Kier molecular flexibility index (Phi) is 10.7. The number of rotatable bonds is 6. The third kappa shape index (κ3) is 7.29. The van der Waals surface area contributed by atoms with Crippen LogP contribution >= 0.6 is 24.0 Å². The average Bonchev–Trinajstić information content (AvgIpc) is 2.64. The summed E-state index contributed by atoms with van der Waals surface area (Å²) in [5.41, 5.74) is 2.60. The summed E-state index contributed by atoms with van der Waals surface area (Å²) < 4.78 is 5.15. The van der Waals surface area contributed by atoms with Gasteiger partial charge in [-0.3, -0.25) is 9.79 Å². The lowest BCUT2D eigenvalue weighted by atomic mass is 9.97. The number of hydrogen-bond acceptors (Lipinski definition) is 4. The third-order valence-corrected chi connectivity index (χ3v) is 4.67. The molecule has 0 radical (unpaired) electrons. The number of carbonyl (C=O) groups is 1. The Bertz CT molecular complexity index is 614. The summed E-state index contributed by atoms with van der Waals surface area (Å²) in [6.45, 7) is 5.61. The van der Waals surface area contributed by atoms with Gasteiger partial charge in [-0.15, -0.1) is 24.0 Å². The minimum absolute atomic E-state index is 0. The molecule has 0 amide bonds. The molecule has 0 atom stereocenters. The van der Waals surface area contributed by atoms with Gasteiger partial charge in [0.2, 0.25) is 0 Å². The zero-order valence-corrected chi connectivity index (χ0v) is 19.2. The highest BCUT2D eigenvalue weighted by Gasteiger charge is 2.27. The Hall–Kier alpha value is -1.35. The van der Waals surface area contributed by atoms with Crippen molar-refractivity contribution in [2.45, 2.75) is 32.9 Å². The van der Waals surface area contributed by atoms with Crippen LogP contribution in [0.15, 0.2) is 29.3 Å². The number of esters is 1. The predicted molar refractivity (Wildman–Crippen MR) is 120 cm³/mol.